The molecule has 1 N–H and O–H groups in total. The van der Waals surface area contributed by atoms with E-state index in [1.807, 2.05) is 6.07 Å². The van der Waals surface area contributed by atoms with Crippen molar-refractivity contribution in [2.24, 2.45) is 0 Å². The van der Waals surface area contributed by atoms with E-state index in [1.54, 1.807) is 12.4 Å². The lowest BCUT2D eigenvalue weighted by Gasteiger charge is -2.26. The number of aromatic nitrogens is 1. The molecule has 5 heteroatoms. The Bertz CT molecular complexity index is 290. The average Bonchev–Trinajstić information content (AvgIpc) is 2.02. The standard InChI is InChI=1S/C8H9BNO3/c11-9-13-8-1-6(2-10-3-8)7-4-12-5-7/h1-3,7,11H,4-5H2. The quantitative estimate of drug-likeness (QED) is 0.667. The maximum atomic E-state index is 8.42. The third kappa shape index (κ3) is 1.81. The molecule has 2 rings (SSSR count). The highest BCUT2D eigenvalue weighted by Gasteiger charge is 2.20. The molecule has 0 unspecified atom stereocenters. The molecule has 0 spiro atoms. The molecule has 1 saturated heterocycles. The summed E-state index contributed by atoms with van der Waals surface area (Å²) in [6.07, 6.45) is 3.34. The van der Waals surface area contributed by atoms with Crippen LogP contribution in [0.1, 0.15) is 11.5 Å². The van der Waals surface area contributed by atoms with Gasteiger partial charge in [-0.2, -0.15) is 0 Å². The van der Waals surface area contributed by atoms with E-state index in [-0.39, 0.29) is 0 Å². The molecule has 2 heterocycles. The van der Waals surface area contributed by atoms with Crippen LogP contribution in [0, 0.1) is 0 Å². The van der Waals surface area contributed by atoms with Crippen LogP contribution in [0.25, 0.3) is 0 Å². The highest BCUT2D eigenvalue weighted by Crippen LogP contribution is 2.25. The highest BCUT2D eigenvalue weighted by molar-refractivity contribution is 6.17. The summed E-state index contributed by atoms with van der Waals surface area (Å²) in [6, 6.07) is 1.85. The molecule has 1 fully saturated rings. The summed E-state index contributed by atoms with van der Waals surface area (Å²) in [6.45, 7) is 1.49. The summed E-state index contributed by atoms with van der Waals surface area (Å²) in [7, 11) is 0.651. The van der Waals surface area contributed by atoms with Gasteiger partial charge < -0.3 is 14.4 Å². The van der Waals surface area contributed by atoms with Gasteiger partial charge in [0.05, 0.1) is 19.4 Å². The SMILES string of the molecule is O[B]Oc1cncc(C2COC2)c1. The van der Waals surface area contributed by atoms with E-state index in [0.29, 0.717) is 19.4 Å². The minimum absolute atomic E-state index is 0.426. The Morgan fingerprint density at radius 1 is 1.54 bits per heavy atom. The van der Waals surface area contributed by atoms with Gasteiger partial charge in [0, 0.05) is 12.1 Å². The normalized spacial score (nSPS) is 16.4. The van der Waals surface area contributed by atoms with Gasteiger partial charge in [0.15, 0.2) is 0 Å². The van der Waals surface area contributed by atoms with E-state index in [4.69, 9.17) is 14.4 Å². The summed E-state index contributed by atoms with van der Waals surface area (Å²) in [5.41, 5.74) is 1.09. The lowest BCUT2D eigenvalue weighted by molar-refractivity contribution is 0.00824. The van der Waals surface area contributed by atoms with Crippen molar-refractivity contribution < 1.29 is 14.4 Å². The molecular weight excluding hydrogens is 169 g/mol. The van der Waals surface area contributed by atoms with Crippen LogP contribution in [0.3, 0.4) is 0 Å². The second kappa shape index (κ2) is 3.76. The van der Waals surface area contributed by atoms with Crippen molar-refractivity contribution in [3.8, 4) is 5.75 Å². The molecular formula is C8H9BNO3. The molecule has 1 aliphatic rings. The molecule has 0 saturated carbocycles. The Morgan fingerprint density at radius 3 is 3.00 bits per heavy atom. The predicted octanol–water partition coefficient (Wildman–Crippen LogP) is 0.101. The first-order valence-corrected chi connectivity index (χ1v) is 4.05. The third-order valence-electron chi connectivity index (χ3n) is 2.03. The van der Waals surface area contributed by atoms with Crippen LogP contribution < -0.4 is 4.65 Å². The maximum absolute atomic E-state index is 8.42. The number of hydrogen-bond acceptors (Lipinski definition) is 4. The number of nitrogens with zero attached hydrogens (tertiary/aromatic N) is 1. The number of hydrogen-bond donors (Lipinski definition) is 1. The Morgan fingerprint density at radius 2 is 2.38 bits per heavy atom. The minimum atomic E-state index is 0.426. The fraction of sp³-hybridized carbons (Fsp3) is 0.375. The Labute approximate surface area is 76.8 Å². The second-order valence-corrected chi connectivity index (χ2v) is 2.91. The van der Waals surface area contributed by atoms with Gasteiger partial charge in [0.2, 0.25) is 0 Å². The van der Waals surface area contributed by atoms with Gasteiger partial charge in [-0.1, -0.05) is 0 Å². The molecule has 1 radical (unpaired) electrons. The van der Waals surface area contributed by atoms with Crippen LogP contribution >= 0.6 is 0 Å². The van der Waals surface area contributed by atoms with Crippen molar-refractivity contribution in [2.75, 3.05) is 13.2 Å². The molecule has 0 bridgehead atoms. The van der Waals surface area contributed by atoms with Crippen LogP contribution in [0.2, 0.25) is 0 Å². The number of pyridine rings is 1. The summed E-state index contributed by atoms with van der Waals surface area (Å²) in [4.78, 5) is 3.99. The third-order valence-corrected chi connectivity index (χ3v) is 2.03. The Kier molecular flexibility index (Phi) is 2.47. The van der Waals surface area contributed by atoms with Gasteiger partial charge in [0.25, 0.3) is 0 Å². The van der Waals surface area contributed by atoms with E-state index >= 15 is 0 Å². The lowest BCUT2D eigenvalue weighted by atomic mass is 9.99. The van der Waals surface area contributed by atoms with Gasteiger partial charge in [-0.15, -0.1) is 0 Å². The van der Waals surface area contributed by atoms with Crippen LogP contribution in [-0.2, 0) is 4.74 Å². The van der Waals surface area contributed by atoms with Crippen molar-refractivity contribution >= 4 is 7.69 Å². The van der Waals surface area contributed by atoms with Crippen molar-refractivity contribution in [1.82, 2.24) is 4.98 Å². The van der Waals surface area contributed by atoms with E-state index in [0.717, 1.165) is 18.8 Å². The largest absolute Gasteiger partial charge is 0.569 e. The molecule has 0 aliphatic carbocycles. The molecule has 1 aliphatic heterocycles. The highest BCUT2D eigenvalue weighted by atomic mass is 16.5. The fourth-order valence-corrected chi connectivity index (χ4v) is 1.21. The zero-order valence-corrected chi connectivity index (χ0v) is 7.01. The summed E-state index contributed by atoms with van der Waals surface area (Å²) in [5, 5.41) is 8.42. The predicted molar refractivity (Wildman–Crippen MR) is 46.4 cm³/mol. The maximum Gasteiger partial charge on any atom is 0.569 e. The summed E-state index contributed by atoms with van der Waals surface area (Å²) >= 11 is 0. The zero-order valence-electron chi connectivity index (χ0n) is 7.01. The first-order chi connectivity index (χ1) is 6.40. The van der Waals surface area contributed by atoms with Crippen LogP contribution in [0.4, 0.5) is 0 Å². The first-order valence-electron chi connectivity index (χ1n) is 4.05. The molecule has 0 atom stereocenters. The smallest absolute Gasteiger partial charge is 0.536 e. The molecule has 4 nitrogen and oxygen atoms in total. The molecule has 0 aromatic carbocycles. The summed E-state index contributed by atoms with van der Waals surface area (Å²) < 4.78 is 9.86. The monoisotopic (exact) mass is 178 g/mol. The molecule has 13 heavy (non-hydrogen) atoms. The van der Waals surface area contributed by atoms with Crippen molar-refractivity contribution in [2.45, 2.75) is 5.92 Å². The van der Waals surface area contributed by atoms with Gasteiger partial charge in [-0.3, -0.25) is 4.98 Å². The van der Waals surface area contributed by atoms with Crippen molar-refractivity contribution in [3.63, 3.8) is 0 Å². The Hall–Kier alpha value is -1.07. The average molecular weight is 178 g/mol. The number of rotatable bonds is 3. The number of ether oxygens (including phenoxy) is 1. The van der Waals surface area contributed by atoms with Crippen molar-refractivity contribution in [1.29, 1.82) is 0 Å². The van der Waals surface area contributed by atoms with E-state index in [9.17, 15) is 0 Å². The molecule has 0 amide bonds. The van der Waals surface area contributed by atoms with Crippen LogP contribution in [-0.4, -0.2) is 30.9 Å². The van der Waals surface area contributed by atoms with Crippen LogP contribution in [0.5, 0.6) is 5.75 Å². The van der Waals surface area contributed by atoms with E-state index in [1.165, 1.54) is 0 Å². The summed E-state index contributed by atoms with van der Waals surface area (Å²) in [5.74, 6) is 0.974. The van der Waals surface area contributed by atoms with Gasteiger partial charge in [-0.25, -0.2) is 0 Å². The topological polar surface area (TPSA) is 51.6 Å². The molecule has 67 valence electrons. The van der Waals surface area contributed by atoms with Gasteiger partial charge >= 0.3 is 7.69 Å². The lowest BCUT2D eigenvalue weighted by Crippen LogP contribution is -2.25. The van der Waals surface area contributed by atoms with Crippen LogP contribution in [0.15, 0.2) is 18.5 Å². The molecule has 1 aromatic heterocycles. The zero-order chi connectivity index (χ0) is 9.10. The van der Waals surface area contributed by atoms with Gasteiger partial charge in [-0.05, 0) is 11.6 Å². The second-order valence-electron chi connectivity index (χ2n) is 2.91. The minimum Gasteiger partial charge on any atom is -0.536 e. The first kappa shape index (κ1) is 8.53. The van der Waals surface area contributed by atoms with Crippen molar-refractivity contribution in [3.05, 3.63) is 24.0 Å². The van der Waals surface area contributed by atoms with E-state index in [2.05, 4.69) is 4.98 Å². The van der Waals surface area contributed by atoms with E-state index < -0.39 is 0 Å². The Balaban J connectivity index is 2.11. The van der Waals surface area contributed by atoms with Gasteiger partial charge in [0.1, 0.15) is 5.75 Å². The fourth-order valence-electron chi connectivity index (χ4n) is 1.21. The molecule has 1 aromatic rings.